The van der Waals surface area contributed by atoms with E-state index in [4.69, 9.17) is 0 Å². The van der Waals surface area contributed by atoms with Crippen molar-refractivity contribution < 1.29 is 0 Å². The lowest BCUT2D eigenvalue weighted by atomic mass is 9.99. The van der Waals surface area contributed by atoms with Crippen molar-refractivity contribution in [3.05, 3.63) is 18.2 Å². The molecule has 0 amide bonds. The predicted octanol–water partition coefficient (Wildman–Crippen LogP) is 1.40. The normalized spacial score (nSPS) is 19.1. The maximum absolute atomic E-state index is 4.35. The Hall–Kier alpha value is -1.27. The first-order chi connectivity index (χ1) is 7.79. The van der Waals surface area contributed by atoms with Gasteiger partial charge in [0.25, 0.3) is 0 Å². The molecule has 1 atom stereocenters. The number of imidazole rings is 1. The second-order valence-corrected chi connectivity index (χ2v) is 4.52. The summed E-state index contributed by atoms with van der Waals surface area (Å²) in [6.45, 7) is 5.02. The molecule has 3 nitrogen and oxygen atoms in total. The molecule has 2 rings (SSSR count). The zero-order valence-electron chi connectivity index (χ0n) is 10.1. The minimum absolute atomic E-state index is 0.741. The molecule has 1 aromatic heterocycles. The van der Waals surface area contributed by atoms with Gasteiger partial charge in [-0.25, -0.2) is 4.98 Å². The van der Waals surface area contributed by atoms with Crippen molar-refractivity contribution in [2.75, 3.05) is 20.1 Å². The Morgan fingerprint density at radius 3 is 3.31 bits per heavy atom. The van der Waals surface area contributed by atoms with E-state index in [-0.39, 0.29) is 0 Å². The van der Waals surface area contributed by atoms with Crippen molar-refractivity contribution in [1.29, 1.82) is 0 Å². The summed E-state index contributed by atoms with van der Waals surface area (Å²) in [5.41, 5.74) is 0. The van der Waals surface area contributed by atoms with Crippen molar-refractivity contribution in [1.82, 2.24) is 14.5 Å². The van der Waals surface area contributed by atoms with Gasteiger partial charge in [-0.05, 0) is 26.3 Å². The number of aromatic nitrogens is 2. The Kier molecular flexibility index (Phi) is 3.63. The molecule has 3 heteroatoms. The van der Waals surface area contributed by atoms with Crippen LogP contribution in [0.2, 0.25) is 0 Å². The van der Waals surface area contributed by atoms with Crippen LogP contribution in [0.25, 0.3) is 0 Å². The number of fused-ring (bicyclic) bond motifs is 1. The zero-order chi connectivity index (χ0) is 11.4. The van der Waals surface area contributed by atoms with E-state index < -0.39 is 0 Å². The van der Waals surface area contributed by atoms with Crippen molar-refractivity contribution in [3.63, 3.8) is 0 Å². The standard InChI is InChI=1S/C13H19N3/c1-3-4-8-15(2)10-12-5-6-13-14-7-9-16(13)11-12/h7,9,12H,5-6,8,10-11H2,1-2H3. The van der Waals surface area contributed by atoms with Gasteiger partial charge in [-0.15, -0.1) is 5.92 Å². The molecule has 0 spiro atoms. The molecule has 1 aliphatic rings. The molecule has 16 heavy (non-hydrogen) atoms. The van der Waals surface area contributed by atoms with E-state index >= 15 is 0 Å². The summed E-state index contributed by atoms with van der Waals surface area (Å²) in [5, 5.41) is 0. The van der Waals surface area contributed by atoms with Gasteiger partial charge < -0.3 is 4.57 Å². The summed E-state index contributed by atoms with van der Waals surface area (Å²) in [6.07, 6.45) is 6.36. The first-order valence-corrected chi connectivity index (χ1v) is 5.87. The molecule has 0 radical (unpaired) electrons. The highest BCUT2D eigenvalue weighted by Crippen LogP contribution is 2.19. The highest BCUT2D eigenvalue weighted by molar-refractivity contribution is 4.99. The Morgan fingerprint density at radius 2 is 2.50 bits per heavy atom. The fraction of sp³-hybridized carbons (Fsp3) is 0.615. The van der Waals surface area contributed by atoms with Gasteiger partial charge in [0, 0.05) is 31.9 Å². The summed E-state index contributed by atoms with van der Waals surface area (Å²) in [5.74, 6) is 8.03. The van der Waals surface area contributed by atoms with Crippen molar-refractivity contribution in [2.45, 2.75) is 26.3 Å². The van der Waals surface area contributed by atoms with E-state index in [2.05, 4.69) is 39.5 Å². The quantitative estimate of drug-likeness (QED) is 0.714. The molecule has 1 aliphatic heterocycles. The van der Waals surface area contributed by atoms with Gasteiger partial charge in [0.05, 0.1) is 6.54 Å². The molecule has 0 aromatic carbocycles. The molecular weight excluding hydrogens is 198 g/mol. The van der Waals surface area contributed by atoms with Crippen LogP contribution in [0.1, 0.15) is 19.2 Å². The monoisotopic (exact) mass is 217 g/mol. The maximum atomic E-state index is 4.35. The van der Waals surface area contributed by atoms with Crippen molar-refractivity contribution in [3.8, 4) is 11.8 Å². The van der Waals surface area contributed by atoms with E-state index in [1.54, 1.807) is 0 Å². The van der Waals surface area contributed by atoms with Gasteiger partial charge in [-0.2, -0.15) is 0 Å². The summed E-state index contributed by atoms with van der Waals surface area (Å²) < 4.78 is 2.29. The Labute approximate surface area is 97.5 Å². The number of hydrogen-bond donors (Lipinski definition) is 0. The summed E-state index contributed by atoms with van der Waals surface area (Å²) in [4.78, 5) is 6.66. The highest BCUT2D eigenvalue weighted by Gasteiger charge is 2.19. The van der Waals surface area contributed by atoms with Crippen LogP contribution in [0, 0.1) is 17.8 Å². The molecular formula is C13H19N3. The molecule has 0 saturated carbocycles. The number of hydrogen-bond acceptors (Lipinski definition) is 2. The van der Waals surface area contributed by atoms with Gasteiger partial charge in [0.2, 0.25) is 0 Å². The average molecular weight is 217 g/mol. The second kappa shape index (κ2) is 5.18. The minimum Gasteiger partial charge on any atom is -0.335 e. The number of aryl methyl sites for hydroxylation is 1. The molecule has 0 saturated heterocycles. The Balaban J connectivity index is 1.86. The van der Waals surface area contributed by atoms with E-state index in [9.17, 15) is 0 Å². The van der Waals surface area contributed by atoms with E-state index in [0.717, 1.165) is 32.0 Å². The van der Waals surface area contributed by atoms with Crippen molar-refractivity contribution in [2.24, 2.45) is 5.92 Å². The van der Waals surface area contributed by atoms with Gasteiger partial charge in [-0.1, -0.05) is 5.92 Å². The van der Waals surface area contributed by atoms with Gasteiger partial charge in [0.1, 0.15) is 5.82 Å². The fourth-order valence-electron chi connectivity index (χ4n) is 2.31. The van der Waals surface area contributed by atoms with Crippen molar-refractivity contribution >= 4 is 0 Å². The molecule has 0 aliphatic carbocycles. The van der Waals surface area contributed by atoms with Crippen LogP contribution in [0.4, 0.5) is 0 Å². The molecule has 0 N–H and O–H groups in total. The molecule has 2 heterocycles. The third-order valence-corrected chi connectivity index (χ3v) is 3.13. The van der Waals surface area contributed by atoms with Crippen LogP contribution in [0.5, 0.6) is 0 Å². The van der Waals surface area contributed by atoms with Gasteiger partial charge >= 0.3 is 0 Å². The zero-order valence-corrected chi connectivity index (χ0v) is 10.1. The Bertz CT molecular complexity index is 397. The molecule has 0 fully saturated rings. The van der Waals surface area contributed by atoms with Crippen LogP contribution in [0.3, 0.4) is 0 Å². The predicted molar refractivity (Wildman–Crippen MR) is 65.0 cm³/mol. The molecule has 1 unspecified atom stereocenters. The summed E-state index contributed by atoms with van der Waals surface area (Å²) >= 11 is 0. The van der Waals surface area contributed by atoms with E-state index in [1.807, 2.05) is 13.1 Å². The molecule has 1 aromatic rings. The minimum atomic E-state index is 0.741. The van der Waals surface area contributed by atoms with E-state index in [0.29, 0.717) is 0 Å². The number of nitrogens with zero attached hydrogens (tertiary/aromatic N) is 3. The van der Waals surface area contributed by atoms with Crippen LogP contribution < -0.4 is 0 Å². The average Bonchev–Trinajstić information content (AvgIpc) is 2.73. The lowest BCUT2D eigenvalue weighted by Crippen LogP contribution is -2.31. The molecule has 0 bridgehead atoms. The van der Waals surface area contributed by atoms with Crippen LogP contribution in [0.15, 0.2) is 12.4 Å². The van der Waals surface area contributed by atoms with Gasteiger partial charge in [-0.3, -0.25) is 4.90 Å². The second-order valence-electron chi connectivity index (χ2n) is 4.52. The SMILES string of the molecule is CC#CCN(C)CC1CCc2nccn2C1. The first kappa shape index (κ1) is 11.2. The summed E-state index contributed by atoms with van der Waals surface area (Å²) in [7, 11) is 2.15. The van der Waals surface area contributed by atoms with Crippen LogP contribution in [-0.2, 0) is 13.0 Å². The number of rotatable bonds is 3. The van der Waals surface area contributed by atoms with Crippen LogP contribution >= 0.6 is 0 Å². The smallest absolute Gasteiger partial charge is 0.108 e. The van der Waals surface area contributed by atoms with Crippen LogP contribution in [-0.4, -0.2) is 34.6 Å². The summed E-state index contributed by atoms with van der Waals surface area (Å²) in [6, 6.07) is 0. The largest absolute Gasteiger partial charge is 0.335 e. The third-order valence-electron chi connectivity index (χ3n) is 3.13. The first-order valence-electron chi connectivity index (χ1n) is 5.87. The third kappa shape index (κ3) is 2.65. The van der Waals surface area contributed by atoms with Gasteiger partial charge in [0.15, 0.2) is 0 Å². The Morgan fingerprint density at radius 1 is 1.62 bits per heavy atom. The fourth-order valence-corrected chi connectivity index (χ4v) is 2.31. The maximum Gasteiger partial charge on any atom is 0.108 e. The lowest BCUT2D eigenvalue weighted by molar-refractivity contribution is 0.252. The highest BCUT2D eigenvalue weighted by atomic mass is 15.1. The van der Waals surface area contributed by atoms with E-state index in [1.165, 1.54) is 12.2 Å². The lowest BCUT2D eigenvalue weighted by Gasteiger charge is -2.27. The molecule has 86 valence electrons. The topological polar surface area (TPSA) is 21.1 Å².